The number of anilines is 1. The molecule has 3 N–H and O–H groups in total. The Morgan fingerprint density at radius 1 is 1.06 bits per heavy atom. The molecule has 178 valence electrons. The minimum Gasteiger partial charge on any atom is -0.490 e. The Balaban J connectivity index is 1.29. The zero-order valence-electron chi connectivity index (χ0n) is 19.0. The third-order valence-corrected chi connectivity index (χ3v) is 6.32. The molecule has 3 aromatic carbocycles. The van der Waals surface area contributed by atoms with Gasteiger partial charge in [-0.2, -0.15) is 5.10 Å². The lowest BCUT2D eigenvalue weighted by Gasteiger charge is -2.32. The number of rotatable bonds is 5. The fourth-order valence-electron chi connectivity index (χ4n) is 4.43. The van der Waals surface area contributed by atoms with Gasteiger partial charge in [-0.05, 0) is 48.0 Å². The minimum atomic E-state index is -0.557. The molecule has 1 saturated heterocycles. The van der Waals surface area contributed by atoms with Crippen LogP contribution in [0.2, 0.25) is 0 Å². The molecule has 4 aromatic rings. The van der Waals surface area contributed by atoms with Crippen molar-refractivity contribution in [2.75, 3.05) is 18.8 Å². The average molecular weight is 473 g/mol. The van der Waals surface area contributed by atoms with E-state index in [-0.39, 0.29) is 23.1 Å². The van der Waals surface area contributed by atoms with Gasteiger partial charge in [0.05, 0.1) is 16.6 Å². The number of nitrogens with one attached hydrogen (secondary N) is 1. The first-order valence-corrected chi connectivity index (χ1v) is 11.5. The molecule has 0 spiro atoms. The number of nitrogen functional groups attached to an aromatic ring is 1. The van der Waals surface area contributed by atoms with E-state index in [0.717, 1.165) is 16.7 Å². The molecule has 0 bridgehead atoms. The molecule has 0 aliphatic carbocycles. The second-order valence-corrected chi connectivity index (χ2v) is 8.71. The van der Waals surface area contributed by atoms with Gasteiger partial charge in [0, 0.05) is 43.4 Å². The standard InChI is InChI=1S/C27H25FN4O3/c28-24-10-5-17(16-25-21-3-1-2-4-22(21)26(33)31-30-25)15-23(24)27(34)32-13-11-20(12-14-32)35-19-8-6-18(29)7-9-19/h1-10,15,20H,11-14,16,29H2,(H,31,33). The Labute approximate surface area is 201 Å². The second kappa shape index (κ2) is 9.58. The molecular weight excluding hydrogens is 447 g/mol. The molecular formula is C27H25FN4O3. The van der Waals surface area contributed by atoms with Gasteiger partial charge < -0.3 is 15.4 Å². The Bertz CT molecular complexity index is 1430. The van der Waals surface area contributed by atoms with Crippen molar-refractivity contribution in [1.29, 1.82) is 0 Å². The summed E-state index contributed by atoms with van der Waals surface area (Å²) in [6.45, 7) is 0.961. The highest BCUT2D eigenvalue weighted by Gasteiger charge is 2.26. The van der Waals surface area contributed by atoms with Gasteiger partial charge in [-0.1, -0.05) is 24.3 Å². The summed E-state index contributed by atoms with van der Waals surface area (Å²) in [6, 6.07) is 19.0. The molecule has 1 fully saturated rings. The number of fused-ring (bicyclic) bond motifs is 1. The lowest BCUT2D eigenvalue weighted by atomic mass is 10.0. The van der Waals surface area contributed by atoms with Crippen molar-refractivity contribution < 1.29 is 13.9 Å². The van der Waals surface area contributed by atoms with Crippen LogP contribution in [0.4, 0.5) is 10.1 Å². The topological polar surface area (TPSA) is 101 Å². The van der Waals surface area contributed by atoms with E-state index >= 15 is 0 Å². The van der Waals surface area contributed by atoms with Gasteiger partial charge in [0.1, 0.15) is 17.7 Å². The highest BCUT2D eigenvalue weighted by molar-refractivity contribution is 5.95. The summed E-state index contributed by atoms with van der Waals surface area (Å²) in [5.74, 6) is -0.154. The quantitative estimate of drug-likeness (QED) is 0.429. The monoisotopic (exact) mass is 472 g/mol. The van der Waals surface area contributed by atoms with E-state index in [1.54, 1.807) is 41.3 Å². The van der Waals surface area contributed by atoms with Crippen LogP contribution in [0.25, 0.3) is 10.8 Å². The Kier molecular flexibility index (Phi) is 6.18. The average Bonchev–Trinajstić information content (AvgIpc) is 2.88. The molecule has 8 heteroatoms. The van der Waals surface area contributed by atoms with Crippen LogP contribution < -0.4 is 16.0 Å². The number of nitrogens with zero attached hydrogens (tertiary/aromatic N) is 2. The smallest absolute Gasteiger partial charge is 0.272 e. The highest BCUT2D eigenvalue weighted by atomic mass is 19.1. The molecule has 35 heavy (non-hydrogen) atoms. The number of carbonyl (C=O) groups excluding carboxylic acids is 1. The second-order valence-electron chi connectivity index (χ2n) is 8.71. The number of amides is 1. The number of aromatic amines is 1. The molecule has 1 amide bonds. The molecule has 1 aliphatic heterocycles. The molecule has 2 heterocycles. The van der Waals surface area contributed by atoms with Gasteiger partial charge in [-0.3, -0.25) is 9.59 Å². The van der Waals surface area contributed by atoms with Crippen molar-refractivity contribution in [2.24, 2.45) is 0 Å². The van der Waals surface area contributed by atoms with Crippen LogP contribution in [0, 0.1) is 5.82 Å². The molecule has 1 aromatic heterocycles. The number of carbonyl (C=O) groups is 1. The first-order chi connectivity index (χ1) is 17.0. The SMILES string of the molecule is Nc1ccc(OC2CCN(C(=O)c3cc(Cc4n[nH]c(=O)c5ccccc45)ccc3F)CC2)cc1. The van der Waals surface area contributed by atoms with Gasteiger partial charge in [-0.15, -0.1) is 0 Å². The van der Waals surface area contributed by atoms with Crippen LogP contribution in [0.1, 0.15) is 34.5 Å². The van der Waals surface area contributed by atoms with E-state index in [9.17, 15) is 14.0 Å². The number of likely N-dealkylation sites (tertiary alicyclic amines) is 1. The van der Waals surface area contributed by atoms with Gasteiger partial charge in [-0.25, -0.2) is 9.49 Å². The van der Waals surface area contributed by atoms with Crippen molar-refractivity contribution >= 4 is 22.4 Å². The summed E-state index contributed by atoms with van der Waals surface area (Å²) < 4.78 is 20.7. The number of benzene rings is 3. The Morgan fingerprint density at radius 2 is 1.77 bits per heavy atom. The predicted octanol–water partition coefficient (Wildman–Crippen LogP) is 3.92. The van der Waals surface area contributed by atoms with Crippen LogP contribution >= 0.6 is 0 Å². The van der Waals surface area contributed by atoms with E-state index in [1.807, 2.05) is 24.3 Å². The zero-order valence-corrected chi connectivity index (χ0v) is 19.0. The molecule has 7 nitrogen and oxygen atoms in total. The number of nitrogens with two attached hydrogens (primary N) is 1. The zero-order chi connectivity index (χ0) is 24.4. The predicted molar refractivity (Wildman–Crippen MR) is 132 cm³/mol. The van der Waals surface area contributed by atoms with Crippen molar-refractivity contribution in [2.45, 2.75) is 25.4 Å². The summed E-state index contributed by atoms with van der Waals surface area (Å²) in [5, 5.41) is 7.98. The molecule has 0 radical (unpaired) electrons. The fourth-order valence-corrected chi connectivity index (χ4v) is 4.43. The number of halogens is 1. The van der Waals surface area contributed by atoms with Gasteiger partial charge in [0.15, 0.2) is 0 Å². The third-order valence-electron chi connectivity index (χ3n) is 6.32. The van der Waals surface area contributed by atoms with Crippen LogP contribution in [0.5, 0.6) is 5.75 Å². The lowest BCUT2D eigenvalue weighted by Crippen LogP contribution is -2.42. The summed E-state index contributed by atoms with van der Waals surface area (Å²) in [7, 11) is 0. The van der Waals surface area contributed by atoms with E-state index in [0.29, 0.717) is 49.1 Å². The maximum absolute atomic E-state index is 14.7. The summed E-state index contributed by atoms with van der Waals surface area (Å²) in [5.41, 5.74) is 7.56. The van der Waals surface area contributed by atoms with Gasteiger partial charge >= 0.3 is 0 Å². The normalized spacial score (nSPS) is 14.3. The number of hydrogen-bond acceptors (Lipinski definition) is 5. The molecule has 0 unspecified atom stereocenters. The van der Waals surface area contributed by atoms with Crippen molar-refractivity contribution in [1.82, 2.24) is 15.1 Å². The molecule has 0 atom stereocenters. The van der Waals surface area contributed by atoms with Crippen molar-refractivity contribution in [3.05, 3.63) is 99.7 Å². The van der Waals surface area contributed by atoms with Crippen molar-refractivity contribution in [3.63, 3.8) is 0 Å². The fraction of sp³-hybridized carbons (Fsp3) is 0.222. The summed E-state index contributed by atoms with van der Waals surface area (Å²) in [6.07, 6.45) is 1.66. The molecule has 5 rings (SSSR count). The Hall–Kier alpha value is -4.20. The number of H-pyrrole nitrogens is 1. The van der Waals surface area contributed by atoms with E-state index in [1.165, 1.54) is 6.07 Å². The van der Waals surface area contributed by atoms with E-state index in [4.69, 9.17) is 10.5 Å². The number of ether oxygens (including phenoxy) is 1. The highest BCUT2D eigenvalue weighted by Crippen LogP contribution is 2.23. The number of hydrogen-bond donors (Lipinski definition) is 2. The number of aromatic nitrogens is 2. The van der Waals surface area contributed by atoms with Crippen LogP contribution in [-0.2, 0) is 6.42 Å². The van der Waals surface area contributed by atoms with Gasteiger partial charge in [0.25, 0.3) is 11.5 Å². The first-order valence-electron chi connectivity index (χ1n) is 11.5. The largest absolute Gasteiger partial charge is 0.490 e. The minimum absolute atomic E-state index is 0.0153. The number of piperidine rings is 1. The van der Waals surface area contributed by atoms with E-state index < -0.39 is 5.82 Å². The first kappa shape index (κ1) is 22.6. The Morgan fingerprint density at radius 3 is 2.51 bits per heavy atom. The maximum atomic E-state index is 14.7. The van der Waals surface area contributed by atoms with Gasteiger partial charge in [0.2, 0.25) is 0 Å². The summed E-state index contributed by atoms with van der Waals surface area (Å²) >= 11 is 0. The van der Waals surface area contributed by atoms with E-state index in [2.05, 4.69) is 10.2 Å². The van der Waals surface area contributed by atoms with Crippen LogP contribution in [-0.4, -0.2) is 40.2 Å². The molecule has 1 aliphatic rings. The third kappa shape index (κ3) is 4.87. The van der Waals surface area contributed by atoms with Crippen LogP contribution in [0.3, 0.4) is 0 Å². The lowest BCUT2D eigenvalue weighted by molar-refractivity contribution is 0.0591. The molecule has 0 saturated carbocycles. The van der Waals surface area contributed by atoms with Crippen molar-refractivity contribution in [3.8, 4) is 5.75 Å². The summed E-state index contributed by atoms with van der Waals surface area (Å²) in [4.78, 5) is 26.9. The van der Waals surface area contributed by atoms with Crippen LogP contribution in [0.15, 0.2) is 71.5 Å². The maximum Gasteiger partial charge on any atom is 0.272 e.